The van der Waals surface area contributed by atoms with E-state index in [1.165, 1.54) is 87.2 Å². The second-order valence-corrected chi connectivity index (χ2v) is 32.5. The SMILES string of the molecule is C=CC(=O)OCCCCCCOc1ccc(OC(=O)C2CCC(C(=O)Oc3ccc(C4CCC(CCC)CC4)cc3/C=N/N(C)c3nc4ccccc4s3)CC2)cc1.C=CC(=O)OCCCCCCOc1ccc(OC(=O)C2CCC(C(=O)Oc3ccc(C4CCC(CCC)CC4)cc3C=O)CC2)cc1.N.Nc1nc2ccccc2s1. The molecule has 620 valence electrons. The first-order valence-electron chi connectivity index (χ1n) is 41.4. The minimum absolute atomic E-state index is 0. The highest BCUT2D eigenvalue weighted by Gasteiger charge is 2.35. The van der Waals surface area contributed by atoms with Crippen molar-refractivity contribution < 1.29 is 71.5 Å². The lowest BCUT2D eigenvalue weighted by atomic mass is 9.77. The summed E-state index contributed by atoms with van der Waals surface area (Å²) in [6.45, 7) is 13.2. The van der Waals surface area contributed by atoms with Crippen LogP contribution in [0.15, 0.2) is 164 Å². The molecule has 116 heavy (non-hydrogen) atoms. The molecule has 0 radical (unpaired) electrons. The fraction of sp³-hybridized carbons (Fsp3) is 0.462. The third kappa shape index (κ3) is 28.4. The van der Waals surface area contributed by atoms with Crippen LogP contribution in [-0.4, -0.2) is 91.8 Å². The monoisotopic (exact) mass is 1620 g/mol. The standard InChI is InChI=1S/C47H57N3O7S.C39H50O8.C7H6N2S.H3N/c1-4-12-33-15-17-34(18-16-33)37-23-28-42(38(31-37)32-48-50(3)47-49-41-13-8-9-14-43(41)58-47)57-46(53)36-21-19-35(20-22-36)45(52)56-40-26-24-39(25-27-40)54-29-10-6-7-11-30-55-44(51)5-2;1-3-9-28-10-12-29(13-11-28)32-18-23-36(33(26-32)27-40)47-39(43)31-16-14-30(15-17-31)38(42)46-35-21-19-34(20-22-35)44-24-7-5-6-8-25-45-37(41)4-2;8-7-9-5-3-1-2-4-6(5)10-7;/h5,8-9,13-14,23-28,31-36H,2,4,6-7,10-12,15-22,29-30H2,1,3H3;4,18-23,26-31H,2-3,5-17,24-25H2,1H3;1-4H,(H2,8,9);1H3/b48-32+;;;. The number of rotatable bonds is 36. The summed E-state index contributed by atoms with van der Waals surface area (Å²) in [7, 11) is 1.88. The van der Waals surface area contributed by atoms with Gasteiger partial charge in [0.05, 0.1) is 82.3 Å². The zero-order chi connectivity index (χ0) is 81.1. The van der Waals surface area contributed by atoms with Crippen LogP contribution >= 0.6 is 22.7 Å². The van der Waals surface area contributed by atoms with Crippen LogP contribution in [-0.2, 0) is 38.2 Å². The molecule has 21 nitrogen and oxygen atoms in total. The summed E-state index contributed by atoms with van der Waals surface area (Å²) in [6.07, 6.45) is 31.0. The van der Waals surface area contributed by atoms with Crippen LogP contribution in [0.25, 0.3) is 20.4 Å². The van der Waals surface area contributed by atoms with Gasteiger partial charge in [0, 0.05) is 24.8 Å². The number of ether oxygens (including phenoxy) is 8. The summed E-state index contributed by atoms with van der Waals surface area (Å²) < 4.78 is 47.0. The van der Waals surface area contributed by atoms with Crippen LogP contribution in [0.3, 0.4) is 0 Å². The molecule has 0 aliphatic heterocycles. The number of fused-ring (bicyclic) bond motifs is 2. The Hall–Kier alpha value is -10.1. The van der Waals surface area contributed by atoms with Crippen molar-refractivity contribution in [2.24, 2.45) is 40.6 Å². The van der Waals surface area contributed by atoms with E-state index in [0.29, 0.717) is 135 Å². The fourth-order valence-corrected chi connectivity index (χ4v) is 17.2. The number of anilines is 2. The van der Waals surface area contributed by atoms with E-state index < -0.39 is 11.9 Å². The molecule has 0 spiro atoms. The van der Waals surface area contributed by atoms with E-state index in [0.717, 1.165) is 125 Å². The zero-order valence-corrected chi connectivity index (χ0v) is 69.3. The van der Waals surface area contributed by atoms with Gasteiger partial charge >= 0.3 is 35.8 Å². The van der Waals surface area contributed by atoms with Crippen LogP contribution < -0.4 is 45.3 Å². The van der Waals surface area contributed by atoms with Gasteiger partial charge in [0.1, 0.15) is 34.5 Å². The molecule has 23 heteroatoms. The van der Waals surface area contributed by atoms with Gasteiger partial charge in [-0.15, -0.1) is 0 Å². The number of carbonyl (C=O) groups is 7. The lowest BCUT2D eigenvalue weighted by Crippen LogP contribution is -2.30. The van der Waals surface area contributed by atoms with Crippen molar-refractivity contribution >= 4 is 102 Å². The first-order valence-corrected chi connectivity index (χ1v) is 43.1. The van der Waals surface area contributed by atoms with Gasteiger partial charge in [0.2, 0.25) is 5.13 Å². The molecular weight excluding hydrogens is 1510 g/mol. The molecule has 4 saturated carbocycles. The third-order valence-corrected chi connectivity index (χ3v) is 24.2. The van der Waals surface area contributed by atoms with Crippen molar-refractivity contribution in [2.45, 2.75) is 205 Å². The van der Waals surface area contributed by atoms with E-state index >= 15 is 0 Å². The number of thiazole rings is 2. The molecule has 0 unspecified atom stereocenters. The number of nitrogens with two attached hydrogens (primary N) is 1. The Morgan fingerprint density at radius 1 is 0.466 bits per heavy atom. The Bertz CT molecular complexity index is 4410. The number of aldehydes is 1. The summed E-state index contributed by atoms with van der Waals surface area (Å²) in [4.78, 5) is 95.4. The number of hydrazone groups is 1. The van der Waals surface area contributed by atoms with Crippen molar-refractivity contribution in [1.29, 1.82) is 0 Å². The van der Waals surface area contributed by atoms with Gasteiger partial charge in [-0.25, -0.2) is 24.6 Å². The van der Waals surface area contributed by atoms with E-state index in [2.05, 4.69) is 50.2 Å². The van der Waals surface area contributed by atoms with Gasteiger partial charge in [0.25, 0.3) is 0 Å². The highest BCUT2D eigenvalue weighted by molar-refractivity contribution is 7.22. The Labute approximate surface area is 691 Å². The first kappa shape index (κ1) is 89.8. The number of aromatic nitrogens is 2. The van der Waals surface area contributed by atoms with Crippen molar-refractivity contribution in [3.05, 3.63) is 181 Å². The van der Waals surface area contributed by atoms with Crippen LogP contribution in [0, 0.1) is 35.5 Å². The van der Waals surface area contributed by atoms with Gasteiger partial charge in [-0.1, -0.05) is 112 Å². The number of esters is 6. The van der Waals surface area contributed by atoms with E-state index in [9.17, 15) is 33.6 Å². The van der Waals surface area contributed by atoms with Gasteiger partial charge in [0.15, 0.2) is 11.4 Å². The summed E-state index contributed by atoms with van der Waals surface area (Å²) >= 11 is 3.10. The van der Waals surface area contributed by atoms with E-state index in [4.69, 9.17) is 53.7 Å². The molecule has 2 heterocycles. The van der Waals surface area contributed by atoms with Crippen LogP contribution in [0.1, 0.15) is 233 Å². The third-order valence-electron chi connectivity index (χ3n) is 22.2. The normalized spacial score (nSPS) is 19.1. The maximum Gasteiger partial charge on any atom is 0.330 e. The highest BCUT2D eigenvalue weighted by atomic mass is 32.1. The molecule has 8 aromatic rings. The molecule has 2 aromatic heterocycles. The summed E-state index contributed by atoms with van der Waals surface area (Å²) in [5.74, 6) is 2.49. The van der Waals surface area contributed by atoms with Gasteiger partial charge in [-0.05, 0) is 286 Å². The Morgan fingerprint density at radius 2 is 0.845 bits per heavy atom. The number of nitrogen functional groups attached to an aromatic ring is 1. The number of para-hydroxylation sites is 2. The number of nitrogens with zero attached hydrogens (tertiary/aromatic N) is 4. The molecule has 0 bridgehead atoms. The molecule has 12 rings (SSSR count). The molecular formula is C93H116N6O15S2. The molecule has 0 amide bonds. The predicted octanol–water partition coefficient (Wildman–Crippen LogP) is 21.4. The average molecular weight is 1620 g/mol. The average Bonchev–Trinajstić information content (AvgIpc) is 1.29. The first-order chi connectivity index (χ1) is 56.0. The molecule has 4 aliphatic rings. The molecule has 0 atom stereocenters. The maximum atomic E-state index is 13.6. The number of hydrogen-bond donors (Lipinski definition) is 2. The minimum Gasteiger partial charge on any atom is -0.494 e. The Balaban J connectivity index is 0.000000237. The Morgan fingerprint density at radius 3 is 1.25 bits per heavy atom. The number of carbonyl (C=O) groups excluding carboxylic acids is 7. The summed E-state index contributed by atoms with van der Waals surface area (Å²) in [5, 5.41) is 7.95. The van der Waals surface area contributed by atoms with Crippen LogP contribution in [0.5, 0.6) is 34.5 Å². The smallest absolute Gasteiger partial charge is 0.330 e. The molecule has 6 aromatic carbocycles. The molecule has 0 saturated heterocycles. The van der Waals surface area contributed by atoms with Crippen molar-refractivity contribution in [3.63, 3.8) is 0 Å². The van der Waals surface area contributed by atoms with Crippen molar-refractivity contribution in [1.82, 2.24) is 16.1 Å². The second-order valence-electron chi connectivity index (χ2n) is 30.5. The lowest BCUT2D eigenvalue weighted by molar-refractivity contribution is -0.145. The number of benzene rings is 6. The minimum atomic E-state index is -0.394. The fourth-order valence-electron chi connectivity index (χ4n) is 15.6. The molecule has 4 aliphatic carbocycles. The highest BCUT2D eigenvalue weighted by Crippen LogP contribution is 2.42. The predicted molar refractivity (Wildman–Crippen MR) is 459 cm³/mol. The largest absolute Gasteiger partial charge is 0.494 e. The van der Waals surface area contributed by atoms with E-state index in [-0.39, 0.29) is 53.7 Å². The number of unbranched alkanes of at least 4 members (excludes halogenated alkanes) is 6. The van der Waals surface area contributed by atoms with Gasteiger partial charge in [-0.3, -0.25) is 24.0 Å². The quantitative estimate of drug-likeness (QED) is 0.00701. The summed E-state index contributed by atoms with van der Waals surface area (Å²) in [5.41, 5.74) is 11.0. The Kier molecular flexibility index (Phi) is 37.0. The second kappa shape index (κ2) is 47.8. The van der Waals surface area contributed by atoms with Crippen molar-refractivity contribution in [2.75, 3.05) is 44.2 Å². The maximum absolute atomic E-state index is 13.6. The van der Waals surface area contributed by atoms with E-state index in [1.807, 2.05) is 67.7 Å². The van der Waals surface area contributed by atoms with Crippen LogP contribution in [0.4, 0.5) is 10.3 Å². The summed E-state index contributed by atoms with van der Waals surface area (Å²) in [6, 6.07) is 41.9. The zero-order valence-electron chi connectivity index (χ0n) is 67.7. The van der Waals surface area contributed by atoms with Gasteiger partial charge < -0.3 is 49.8 Å². The molecule has 4 fully saturated rings. The topological polar surface area (TPSA) is 296 Å². The number of hydrogen-bond acceptors (Lipinski definition) is 23. The van der Waals surface area contributed by atoms with E-state index in [1.54, 1.807) is 77.2 Å². The lowest BCUT2D eigenvalue weighted by Gasteiger charge is -2.29. The molecule has 5 N–H and O–H groups in total. The van der Waals surface area contributed by atoms with Crippen LogP contribution in [0.2, 0.25) is 0 Å². The van der Waals surface area contributed by atoms with Crippen molar-refractivity contribution in [3.8, 4) is 34.5 Å². The van der Waals surface area contributed by atoms with Gasteiger partial charge in [-0.2, -0.15) is 5.10 Å².